The zero-order valence-electron chi connectivity index (χ0n) is 11.4. The third-order valence-electron chi connectivity index (χ3n) is 4.16. The Balaban J connectivity index is 1.83. The van der Waals surface area contributed by atoms with Crippen LogP contribution in [0.2, 0.25) is 0 Å². The number of rotatable bonds is 5. The van der Waals surface area contributed by atoms with Gasteiger partial charge in [0.25, 0.3) is 0 Å². The number of nitrogens with zero attached hydrogens (tertiary/aromatic N) is 2. The van der Waals surface area contributed by atoms with Crippen molar-refractivity contribution in [3.63, 3.8) is 0 Å². The molecule has 1 saturated carbocycles. The molecule has 0 aromatic carbocycles. The normalized spacial score (nSPS) is 23.8. The predicted molar refractivity (Wildman–Crippen MR) is 78.2 cm³/mol. The summed E-state index contributed by atoms with van der Waals surface area (Å²) in [5.41, 5.74) is 6.48. The Kier molecular flexibility index (Phi) is 5.18. The molecule has 2 N–H and O–H groups in total. The third kappa shape index (κ3) is 3.54. The van der Waals surface area contributed by atoms with Crippen LogP contribution in [0.15, 0.2) is 4.99 Å². The molecule has 0 atom stereocenters. The molecule has 1 aliphatic heterocycles. The van der Waals surface area contributed by atoms with Crippen LogP contribution in [0.1, 0.15) is 25.7 Å². The lowest BCUT2D eigenvalue weighted by Gasteiger charge is -2.41. The van der Waals surface area contributed by atoms with E-state index in [-0.39, 0.29) is 0 Å². The highest BCUT2D eigenvalue weighted by molar-refractivity contribution is 7.99. The summed E-state index contributed by atoms with van der Waals surface area (Å²) in [7, 11) is 1.77. The van der Waals surface area contributed by atoms with E-state index in [2.05, 4.69) is 9.89 Å². The number of nitrogens with two attached hydrogens (primary N) is 1. The second kappa shape index (κ2) is 6.66. The van der Waals surface area contributed by atoms with Crippen LogP contribution in [0.5, 0.6) is 0 Å². The fourth-order valence-electron chi connectivity index (χ4n) is 2.62. The van der Waals surface area contributed by atoms with Crippen LogP contribution in [-0.2, 0) is 4.74 Å². The number of methoxy groups -OCH3 is 1. The van der Waals surface area contributed by atoms with Crippen molar-refractivity contribution in [3.05, 3.63) is 0 Å². The first-order valence-corrected chi connectivity index (χ1v) is 8.03. The summed E-state index contributed by atoms with van der Waals surface area (Å²) in [4.78, 5) is 6.87. The Hall–Kier alpha value is -0.420. The van der Waals surface area contributed by atoms with Crippen LogP contribution in [0, 0.1) is 5.41 Å². The molecule has 2 fully saturated rings. The van der Waals surface area contributed by atoms with Gasteiger partial charge in [-0.15, -0.1) is 0 Å². The van der Waals surface area contributed by atoms with E-state index >= 15 is 0 Å². The van der Waals surface area contributed by atoms with E-state index < -0.39 is 0 Å². The van der Waals surface area contributed by atoms with Gasteiger partial charge in [-0.1, -0.05) is 6.42 Å². The van der Waals surface area contributed by atoms with Crippen molar-refractivity contribution in [3.8, 4) is 0 Å². The minimum atomic E-state index is 0.380. The summed E-state index contributed by atoms with van der Waals surface area (Å²) in [5.74, 6) is 3.09. The monoisotopic (exact) mass is 271 g/mol. The lowest BCUT2D eigenvalue weighted by Crippen LogP contribution is -2.44. The van der Waals surface area contributed by atoms with Gasteiger partial charge in [-0.3, -0.25) is 4.99 Å². The van der Waals surface area contributed by atoms with Crippen molar-refractivity contribution in [1.29, 1.82) is 0 Å². The molecule has 5 heteroatoms. The molecule has 0 radical (unpaired) electrons. The van der Waals surface area contributed by atoms with Crippen molar-refractivity contribution >= 4 is 17.7 Å². The van der Waals surface area contributed by atoms with Crippen LogP contribution in [0.4, 0.5) is 0 Å². The maximum absolute atomic E-state index is 6.10. The van der Waals surface area contributed by atoms with Crippen LogP contribution < -0.4 is 5.73 Å². The SMILES string of the molecule is COCCC1(CN=C(N)N2CCSCC2)CCC1. The van der Waals surface area contributed by atoms with Crippen LogP contribution in [0.25, 0.3) is 0 Å². The molecular weight excluding hydrogens is 246 g/mol. The molecule has 1 aliphatic carbocycles. The highest BCUT2D eigenvalue weighted by Crippen LogP contribution is 2.44. The molecule has 0 spiro atoms. The first-order valence-electron chi connectivity index (χ1n) is 6.87. The number of guanidine groups is 1. The van der Waals surface area contributed by atoms with E-state index in [0.29, 0.717) is 5.41 Å². The number of aliphatic imine (C=N–C) groups is 1. The summed E-state index contributed by atoms with van der Waals surface area (Å²) in [6.07, 6.45) is 5.02. The molecule has 0 aromatic heterocycles. The first-order chi connectivity index (χ1) is 8.76. The topological polar surface area (TPSA) is 50.9 Å². The van der Waals surface area contributed by atoms with Crippen molar-refractivity contribution in [2.24, 2.45) is 16.1 Å². The van der Waals surface area contributed by atoms with E-state index in [1.165, 1.54) is 30.8 Å². The molecule has 0 unspecified atom stereocenters. The third-order valence-corrected chi connectivity index (χ3v) is 5.10. The molecule has 2 rings (SSSR count). The van der Waals surface area contributed by atoms with Gasteiger partial charge in [0.15, 0.2) is 5.96 Å². The highest BCUT2D eigenvalue weighted by Gasteiger charge is 2.36. The number of hydrogen-bond acceptors (Lipinski definition) is 3. The maximum atomic E-state index is 6.10. The second-order valence-corrected chi connectivity index (χ2v) is 6.59. The zero-order chi connectivity index (χ0) is 12.8. The summed E-state index contributed by atoms with van der Waals surface area (Å²) in [5, 5.41) is 0. The van der Waals surface area contributed by atoms with Gasteiger partial charge in [0.05, 0.1) is 0 Å². The second-order valence-electron chi connectivity index (χ2n) is 5.37. The molecular formula is C13H25N3OS. The quantitative estimate of drug-likeness (QED) is 0.609. The standard InChI is InChI=1S/C13H25N3OS/c1-17-8-5-13(3-2-4-13)11-15-12(14)16-6-9-18-10-7-16/h2-11H2,1H3,(H2,14,15). The number of hydrogen-bond donors (Lipinski definition) is 1. The fourth-order valence-corrected chi connectivity index (χ4v) is 3.53. The van der Waals surface area contributed by atoms with Gasteiger partial charge >= 0.3 is 0 Å². The van der Waals surface area contributed by atoms with E-state index in [1.54, 1.807) is 7.11 Å². The van der Waals surface area contributed by atoms with Gasteiger partial charge < -0.3 is 15.4 Å². The van der Waals surface area contributed by atoms with E-state index in [0.717, 1.165) is 38.6 Å². The van der Waals surface area contributed by atoms with E-state index in [9.17, 15) is 0 Å². The molecule has 0 bridgehead atoms. The molecule has 1 saturated heterocycles. The average Bonchev–Trinajstić information content (AvgIpc) is 2.38. The largest absolute Gasteiger partial charge is 0.385 e. The van der Waals surface area contributed by atoms with Crippen LogP contribution in [0.3, 0.4) is 0 Å². The molecule has 18 heavy (non-hydrogen) atoms. The predicted octanol–water partition coefficient (Wildman–Crippen LogP) is 1.56. The van der Waals surface area contributed by atoms with Gasteiger partial charge in [-0.25, -0.2) is 0 Å². The molecule has 1 heterocycles. The zero-order valence-corrected chi connectivity index (χ0v) is 12.2. The van der Waals surface area contributed by atoms with E-state index in [1.807, 2.05) is 11.8 Å². The molecule has 104 valence electrons. The minimum absolute atomic E-state index is 0.380. The average molecular weight is 271 g/mol. The molecule has 0 aromatic rings. The lowest BCUT2D eigenvalue weighted by atomic mass is 9.67. The minimum Gasteiger partial charge on any atom is -0.385 e. The molecule has 2 aliphatic rings. The number of thioether (sulfide) groups is 1. The summed E-state index contributed by atoms with van der Waals surface area (Å²) in [6.45, 7) is 3.82. The Labute approximate surface area is 114 Å². The smallest absolute Gasteiger partial charge is 0.191 e. The Morgan fingerprint density at radius 1 is 1.39 bits per heavy atom. The lowest BCUT2D eigenvalue weighted by molar-refractivity contribution is 0.0777. The van der Waals surface area contributed by atoms with Gasteiger partial charge in [0.1, 0.15) is 0 Å². The summed E-state index contributed by atoms with van der Waals surface area (Å²) in [6, 6.07) is 0. The van der Waals surface area contributed by atoms with Crippen molar-refractivity contribution in [1.82, 2.24) is 4.90 Å². The fraction of sp³-hybridized carbons (Fsp3) is 0.923. The highest BCUT2D eigenvalue weighted by atomic mass is 32.2. The van der Waals surface area contributed by atoms with Crippen molar-refractivity contribution in [2.75, 3.05) is 44.9 Å². The van der Waals surface area contributed by atoms with Crippen LogP contribution >= 0.6 is 11.8 Å². The Morgan fingerprint density at radius 2 is 2.11 bits per heavy atom. The van der Waals surface area contributed by atoms with Crippen molar-refractivity contribution < 1.29 is 4.74 Å². The van der Waals surface area contributed by atoms with Crippen molar-refractivity contribution in [2.45, 2.75) is 25.7 Å². The first kappa shape index (κ1) is 14.0. The van der Waals surface area contributed by atoms with Crippen LogP contribution in [-0.4, -0.2) is 55.7 Å². The molecule has 0 amide bonds. The van der Waals surface area contributed by atoms with Gasteiger partial charge in [-0.05, 0) is 24.7 Å². The Bertz CT molecular complexity index is 286. The van der Waals surface area contributed by atoms with Gasteiger partial charge in [-0.2, -0.15) is 11.8 Å². The Morgan fingerprint density at radius 3 is 2.67 bits per heavy atom. The van der Waals surface area contributed by atoms with E-state index in [4.69, 9.17) is 10.5 Å². The number of ether oxygens (including phenoxy) is 1. The summed E-state index contributed by atoms with van der Waals surface area (Å²) < 4.78 is 5.20. The molecule has 4 nitrogen and oxygen atoms in total. The van der Waals surface area contributed by atoms with Gasteiger partial charge in [0, 0.05) is 44.9 Å². The van der Waals surface area contributed by atoms with Gasteiger partial charge in [0.2, 0.25) is 0 Å². The maximum Gasteiger partial charge on any atom is 0.191 e. The summed E-state index contributed by atoms with van der Waals surface area (Å²) >= 11 is 2.00.